The highest BCUT2D eigenvalue weighted by Crippen LogP contribution is 2.32. The molecule has 0 radical (unpaired) electrons. The highest BCUT2D eigenvalue weighted by atomic mass is 32.2. The molecule has 0 spiro atoms. The Morgan fingerprint density at radius 3 is 3.08 bits per heavy atom. The highest BCUT2D eigenvalue weighted by molar-refractivity contribution is 7.97. The van der Waals surface area contributed by atoms with Crippen LogP contribution in [0.5, 0.6) is 0 Å². The molecule has 0 atom stereocenters. The van der Waals surface area contributed by atoms with E-state index in [1.807, 2.05) is 23.9 Å². The number of thioether (sulfide) groups is 1. The van der Waals surface area contributed by atoms with Crippen molar-refractivity contribution in [1.82, 2.24) is 0 Å². The fourth-order valence-corrected chi connectivity index (χ4v) is 3.08. The number of hydrogen-bond donors (Lipinski definition) is 1. The van der Waals surface area contributed by atoms with Gasteiger partial charge in [-0.1, -0.05) is 6.07 Å². The molecule has 3 heteroatoms. The van der Waals surface area contributed by atoms with Gasteiger partial charge in [0.25, 0.3) is 0 Å². The van der Waals surface area contributed by atoms with Crippen LogP contribution in [0.1, 0.15) is 5.56 Å². The van der Waals surface area contributed by atoms with Gasteiger partial charge in [-0.3, -0.25) is 0 Å². The van der Waals surface area contributed by atoms with Crippen LogP contribution in [0.3, 0.4) is 0 Å². The summed E-state index contributed by atoms with van der Waals surface area (Å²) in [5, 5.41) is 3.46. The van der Waals surface area contributed by atoms with E-state index < -0.39 is 0 Å². The average molecular weight is 209 g/mol. The third kappa shape index (κ3) is 1.54. The molecule has 2 rings (SSSR count). The maximum absolute atomic E-state index is 5.93. The maximum atomic E-state index is 5.93. The molecule has 2 N–H and O–H groups in total. The van der Waals surface area contributed by atoms with Gasteiger partial charge in [0.1, 0.15) is 0 Å². The molecule has 0 saturated heterocycles. The first-order valence-corrected chi connectivity index (χ1v) is 6.34. The topological polar surface area (TPSA) is 26.0 Å². The van der Waals surface area contributed by atoms with Crippen LogP contribution < -0.4 is 5.73 Å². The van der Waals surface area contributed by atoms with Gasteiger partial charge in [-0.2, -0.15) is 11.8 Å². The standard InChI is InChI=1S/C10H11NS2/c1-12-5-7-6-13-9-4-2-3-8(11)10(7)9/h2-4,6H,5,11H2,1H3. The van der Waals surface area contributed by atoms with Crippen LogP contribution in [0, 0.1) is 0 Å². The number of benzene rings is 1. The van der Waals surface area contributed by atoms with Crippen molar-refractivity contribution in [3.8, 4) is 0 Å². The van der Waals surface area contributed by atoms with E-state index in [1.54, 1.807) is 11.3 Å². The largest absolute Gasteiger partial charge is 0.398 e. The minimum absolute atomic E-state index is 0.905. The maximum Gasteiger partial charge on any atom is 0.0405 e. The van der Waals surface area contributed by atoms with Gasteiger partial charge in [0.15, 0.2) is 0 Å². The predicted molar refractivity (Wildman–Crippen MR) is 63.5 cm³/mol. The van der Waals surface area contributed by atoms with Crippen molar-refractivity contribution in [2.45, 2.75) is 5.75 Å². The lowest BCUT2D eigenvalue weighted by molar-refractivity contribution is 1.52. The Hall–Kier alpha value is -0.670. The zero-order valence-electron chi connectivity index (χ0n) is 7.41. The zero-order valence-corrected chi connectivity index (χ0v) is 9.04. The summed E-state index contributed by atoms with van der Waals surface area (Å²) in [5.41, 5.74) is 8.20. The van der Waals surface area contributed by atoms with Crippen LogP contribution in [0.25, 0.3) is 10.1 Å². The number of thiophene rings is 1. The molecule has 13 heavy (non-hydrogen) atoms. The van der Waals surface area contributed by atoms with Gasteiger partial charge in [0, 0.05) is 21.5 Å². The first kappa shape index (κ1) is 8.91. The van der Waals surface area contributed by atoms with Crippen LogP contribution in [0.4, 0.5) is 5.69 Å². The van der Waals surface area contributed by atoms with Crippen molar-refractivity contribution in [3.05, 3.63) is 29.1 Å². The van der Waals surface area contributed by atoms with E-state index in [2.05, 4.69) is 17.7 Å². The molecule has 0 unspecified atom stereocenters. The summed E-state index contributed by atoms with van der Waals surface area (Å²) in [4.78, 5) is 0. The Morgan fingerprint density at radius 1 is 1.46 bits per heavy atom. The number of nitrogens with two attached hydrogens (primary N) is 1. The summed E-state index contributed by atoms with van der Waals surface area (Å²) in [6, 6.07) is 6.11. The molecule has 1 nitrogen and oxygen atoms in total. The predicted octanol–water partition coefficient (Wildman–Crippen LogP) is 3.35. The molecule has 2 aromatic rings. The second kappa shape index (κ2) is 3.60. The molecule has 1 aromatic heterocycles. The quantitative estimate of drug-likeness (QED) is 0.768. The first-order valence-electron chi connectivity index (χ1n) is 4.06. The normalized spacial score (nSPS) is 10.8. The zero-order chi connectivity index (χ0) is 9.26. The molecular weight excluding hydrogens is 198 g/mol. The molecular formula is C10H11NS2. The molecule has 0 aliphatic carbocycles. The number of rotatable bonds is 2. The Morgan fingerprint density at radius 2 is 2.31 bits per heavy atom. The van der Waals surface area contributed by atoms with Gasteiger partial charge in [-0.15, -0.1) is 11.3 Å². The van der Waals surface area contributed by atoms with E-state index in [0.29, 0.717) is 0 Å². The van der Waals surface area contributed by atoms with E-state index in [-0.39, 0.29) is 0 Å². The van der Waals surface area contributed by atoms with Crippen molar-refractivity contribution < 1.29 is 0 Å². The lowest BCUT2D eigenvalue weighted by atomic mass is 10.1. The van der Waals surface area contributed by atoms with E-state index in [1.165, 1.54) is 15.6 Å². The highest BCUT2D eigenvalue weighted by Gasteiger charge is 2.05. The second-order valence-electron chi connectivity index (χ2n) is 2.91. The van der Waals surface area contributed by atoms with Gasteiger partial charge in [-0.05, 0) is 29.3 Å². The number of anilines is 1. The van der Waals surface area contributed by atoms with E-state index in [0.717, 1.165) is 11.4 Å². The first-order chi connectivity index (χ1) is 6.33. The monoisotopic (exact) mass is 209 g/mol. The molecule has 68 valence electrons. The van der Waals surface area contributed by atoms with E-state index in [9.17, 15) is 0 Å². The van der Waals surface area contributed by atoms with Crippen LogP contribution in [0.2, 0.25) is 0 Å². The summed E-state index contributed by atoms with van der Waals surface area (Å²) in [6.45, 7) is 0. The van der Waals surface area contributed by atoms with Crippen molar-refractivity contribution >= 4 is 38.9 Å². The fraction of sp³-hybridized carbons (Fsp3) is 0.200. The van der Waals surface area contributed by atoms with Crippen molar-refractivity contribution in [2.75, 3.05) is 12.0 Å². The van der Waals surface area contributed by atoms with Gasteiger partial charge in [0.05, 0.1) is 0 Å². The van der Waals surface area contributed by atoms with Crippen LogP contribution in [-0.2, 0) is 5.75 Å². The van der Waals surface area contributed by atoms with Crippen molar-refractivity contribution in [2.24, 2.45) is 0 Å². The van der Waals surface area contributed by atoms with E-state index >= 15 is 0 Å². The van der Waals surface area contributed by atoms with Crippen LogP contribution in [0.15, 0.2) is 23.6 Å². The fourth-order valence-electron chi connectivity index (χ4n) is 1.45. The van der Waals surface area contributed by atoms with Crippen LogP contribution in [-0.4, -0.2) is 6.26 Å². The average Bonchev–Trinajstić information content (AvgIpc) is 2.51. The summed E-state index contributed by atoms with van der Waals surface area (Å²) < 4.78 is 1.30. The smallest absolute Gasteiger partial charge is 0.0405 e. The number of nitrogen functional groups attached to an aromatic ring is 1. The number of hydrogen-bond acceptors (Lipinski definition) is 3. The van der Waals surface area contributed by atoms with Gasteiger partial charge >= 0.3 is 0 Å². The van der Waals surface area contributed by atoms with Crippen molar-refractivity contribution in [1.29, 1.82) is 0 Å². The van der Waals surface area contributed by atoms with Gasteiger partial charge in [0.2, 0.25) is 0 Å². The molecule has 0 saturated carbocycles. The molecule has 0 aliphatic heterocycles. The number of fused-ring (bicyclic) bond motifs is 1. The summed E-state index contributed by atoms with van der Waals surface area (Å²) in [5.74, 6) is 1.05. The Balaban J connectivity index is 2.64. The lowest BCUT2D eigenvalue weighted by Crippen LogP contribution is -1.86. The Labute approximate surface area is 85.9 Å². The molecule has 0 aliphatic rings. The summed E-state index contributed by atoms with van der Waals surface area (Å²) in [7, 11) is 0. The van der Waals surface area contributed by atoms with E-state index in [4.69, 9.17) is 5.73 Å². The SMILES string of the molecule is CSCc1csc2cccc(N)c12. The molecule has 0 bridgehead atoms. The Kier molecular flexibility index (Phi) is 2.47. The minimum Gasteiger partial charge on any atom is -0.398 e. The lowest BCUT2D eigenvalue weighted by Gasteiger charge is -1.99. The Bertz CT molecular complexity index is 420. The molecule has 1 aromatic carbocycles. The second-order valence-corrected chi connectivity index (χ2v) is 4.69. The summed E-state index contributed by atoms with van der Waals surface area (Å²) >= 11 is 3.61. The van der Waals surface area contributed by atoms with Crippen molar-refractivity contribution in [3.63, 3.8) is 0 Å². The molecule has 0 amide bonds. The third-order valence-electron chi connectivity index (χ3n) is 2.01. The van der Waals surface area contributed by atoms with Gasteiger partial charge in [-0.25, -0.2) is 0 Å². The minimum atomic E-state index is 0.905. The molecule has 1 heterocycles. The van der Waals surface area contributed by atoms with Crippen LogP contribution >= 0.6 is 23.1 Å². The summed E-state index contributed by atoms with van der Waals surface area (Å²) in [6.07, 6.45) is 2.11. The molecule has 0 fully saturated rings. The third-order valence-corrected chi connectivity index (χ3v) is 3.60. The van der Waals surface area contributed by atoms with Gasteiger partial charge < -0.3 is 5.73 Å².